The number of hydrogen-bond acceptors (Lipinski definition) is 3. The SMILES string of the molecule is CCCCCCCC(O)c1ccc2c(c1)oc(=O)n2C. The summed E-state index contributed by atoms with van der Waals surface area (Å²) < 4.78 is 6.61. The van der Waals surface area contributed by atoms with Crippen molar-refractivity contribution in [2.24, 2.45) is 7.05 Å². The van der Waals surface area contributed by atoms with Crippen LogP contribution < -0.4 is 5.76 Å². The molecule has 4 nitrogen and oxygen atoms in total. The van der Waals surface area contributed by atoms with Crippen LogP contribution in [0.15, 0.2) is 27.4 Å². The van der Waals surface area contributed by atoms with Crippen LogP contribution in [-0.2, 0) is 7.05 Å². The first-order valence-corrected chi connectivity index (χ1v) is 7.41. The normalized spacial score (nSPS) is 12.9. The minimum absolute atomic E-state index is 0.369. The molecule has 0 saturated heterocycles. The van der Waals surface area contributed by atoms with Gasteiger partial charge in [-0.15, -0.1) is 0 Å². The van der Waals surface area contributed by atoms with Crippen molar-refractivity contribution >= 4 is 11.1 Å². The molecule has 1 aromatic heterocycles. The Balaban J connectivity index is 1.99. The molecule has 4 heteroatoms. The van der Waals surface area contributed by atoms with Gasteiger partial charge in [-0.05, 0) is 24.1 Å². The molecule has 0 aliphatic heterocycles. The van der Waals surface area contributed by atoms with Gasteiger partial charge in [0.05, 0.1) is 11.6 Å². The second-order valence-corrected chi connectivity index (χ2v) is 5.37. The van der Waals surface area contributed by atoms with E-state index in [2.05, 4.69) is 6.92 Å². The van der Waals surface area contributed by atoms with Crippen LogP contribution >= 0.6 is 0 Å². The van der Waals surface area contributed by atoms with Crippen molar-refractivity contribution in [2.75, 3.05) is 0 Å². The fraction of sp³-hybridized carbons (Fsp3) is 0.562. The zero-order chi connectivity index (χ0) is 14.5. The lowest BCUT2D eigenvalue weighted by Crippen LogP contribution is -2.08. The van der Waals surface area contributed by atoms with Gasteiger partial charge in [-0.25, -0.2) is 4.79 Å². The minimum atomic E-state index is -0.480. The first-order valence-electron chi connectivity index (χ1n) is 7.41. The number of unbranched alkanes of at least 4 members (excludes halogenated alkanes) is 4. The molecular formula is C16H23NO3. The second kappa shape index (κ2) is 6.75. The van der Waals surface area contributed by atoms with Gasteiger partial charge >= 0.3 is 5.76 Å². The van der Waals surface area contributed by atoms with Gasteiger partial charge in [0.25, 0.3) is 0 Å². The summed E-state index contributed by atoms with van der Waals surface area (Å²) >= 11 is 0. The molecule has 0 fully saturated rings. The van der Waals surface area contributed by atoms with Gasteiger partial charge in [0.15, 0.2) is 5.58 Å². The maximum absolute atomic E-state index is 11.4. The summed E-state index contributed by atoms with van der Waals surface area (Å²) in [7, 11) is 1.68. The number of aliphatic hydroxyl groups is 1. The number of rotatable bonds is 7. The van der Waals surface area contributed by atoms with E-state index >= 15 is 0 Å². The van der Waals surface area contributed by atoms with Crippen LogP contribution in [0.2, 0.25) is 0 Å². The first-order chi connectivity index (χ1) is 9.63. The largest absolute Gasteiger partial charge is 0.419 e. The number of aliphatic hydroxyl groups excluding tert-OH is 1. The fourth-order valence-corrected chi connectivity index (χ4v) is 2.47. The first kappa shape index (κ1) is 14.9. The monoisotopic (exact) mass is 277 g/mol. The van der Waals surface area contributed by atoms with Gasteiger partial charge in [-0.1, -0.05) is 45.1 Å². The standard InChI is InChI=1S/C16H23NO3/c1-3-4-5-6-7-8-14(18)12-9-10-13-15(11-12)20-16(19)17(13)2/h9-11,14,18H,3-8H2,1-2H3. The Kier molecular flexibility index (Phi) is 5.01. The van der Waals surface area contributed by atoms with Crippen molar-refractivity contribution in [3.8, 4) is 0 Å². The van der Waals surface area contributed by atoms with Crippen LogP contribution in [0.1, 0.15) is 57.1 Å². The van der Waals surface area contributed by atoms with Crippen LogP contribution in [-0.4, -0.2) is 9.67 Å². The Morgan fingerprint density at radius 3 is 2.75 bits per heavy atom. The topological polar surface area (TPSA) is 55.4 Å². The molecular weight excluding hydrogens is 254 g/mol. The highest BCUT2D eigenvalue weighted by Crippen LogP contribution is 2.23. The lowest BCUT2D eigenvalue weighted by atomic mass is 10.0. The van der Waals surface area contributed by atoms with Gasteiger partial charge in [-0.2, -0.15) is 0 Å². The average molecular weight is 277 g/mol. The van der Waals surface area contributed by atoms with Crippen molar-refractivity contribution in [3.05, 3.63) is 34.3 Å². The molecule has 1 heterocycles. The van der Waals surface area contributed by atoms with Gasteiger partial charge in [-0.3, -0.25) is 4.57 Å². The second-order valence-electron chi connectivity index (χ2n) is 5.37. The van der Waals surface area contributed by atoms with Crippen molar-refractivity contribution in [1.29, 1.82) is 0 Å². The van der Waals surface area contributed by atoms with Gasteiger partial charge in [0.1, 0.15) is 0 Å². The van der Waals surface area contributed by atoms with Crippen molar-refractivity contribution in [1.82, 2.24) is 4.57 Å². The highest BCUT2D eigenvalue weighted by atomic mass is 16.4. The Labute approximate surface area is 119 Å². The fourth-order valence-electron chi connectivity index (χ4n) is 2.47. The molecule has 20 heavy (non-hydrogen) atoms. The van der Waals surface area contributed by atoms with Gasteiger partial charge < -0.3 is 9.52 Å². The quantitative estimate of drug-likeness (QED) is 0.788. The smallest absolute Gasteiger partial charge is 0.408 e. The van der Waals surface area contributed by atoms with E-state index in [1.54, 1.807) is 13.1 Å². The van der Waals surface area contributed by atoms with E-state index < -0.39 is 6.10 Å². The number of nitrogens with zero attached hydrogens (tertiary/aromatic N) is 1. The summed E-state index contributed by atoms with van der Waals surface area (Å²) in [5, 5.41) is 10.2. The summed E-state index contributed by atoms with van der Waals surface area (Å²) in [6.07, 6.45) is 6.18. The number of oxazole rings is 1. The zero-order valence-corrected chi connectivity index (χ0v) is 12.3. The number of benzene rings is 1. The number of hydrogen-bond donors (Lipinski definition) is 1. The van der Waals surface area contributed by atoms with E-state index in [9.17, 15) is 9.90 Å². The molecule has 0 radical (unpaired) electrons. The molecule has 0 amide bonds. The average Bonchev–Trinajstić information content (AvgIpc) is 2.73. The van der Waals surface area contributed by atoms with Crippen molar-refractivity contribution in [3.63, 3.8) is 0 Å². The number of fused-ring (bicyclic) bond motifs is 1. The predicted molar refractivity (Wildman–Crippen MR) is 79.8 cm³/mol. The zero-order valence-electron chi connectivity index (χ0n) is 12.3. The highest BCUT2D eigenvalue weighted by Gasteiger charge is 2.11. The molecule has 0 spiro atoms. The molecule has 2 rings (SSSR count). The molecule has 1 atom stereocenters. The molecule has 0 saturated carbocycles. The molecule has 0 aliphatic carbocycles. The van der Waals surface area contributed by atoms with E-state index in [1.165, 1.54) is 23.8 Å². The Bertz CT molecular complexity index is 612. The number of aromatic nitrogens is 1. The van der Waals surface area contributed by atoms with Crippen molar-refractivity contribution < 1.29 is 9.52 Å². The van der Waals surface area contributed by atoms with E-state index in [0.717, 1.165) is 30.3 Å². The third-order valence-corrected chi connectivity index (χ3v) is 3.78. The van der Waals surface area contributed by atoms with E-state index in [0.29, 0.717) is 5.58 Å². The van der Waals surface area contributed by atoms with E-state index in [-0.39, 0.29) is 5.76 Å². The third-order valence-electron chi connectivity index (χ3n) is 3.78. The van der Waals surface area contributed by atoms with E-state index in [1.807, 2.05) is 12.1 Å². The Hall–Kier alpha value is -1.55. The molecule has 2 aromatic rings. The van der Waals surface area contributed by atoms with Crippen LogP contribution in [0.3, 0.4) is 0 Å². The van der Waals surface area contributed by atoms with Crippen LogP contribution in [0.5, 0.6) is 0 Å². The maximum Gasteiger partial charge on any atom is 0.419 e. The Morgan fingerprint density at radius 1 is 1.25 bits per heavy atom. The highest BCUT2D eigenvalue weighted by molar-refractivity contribution is 5.73. The number of aryl methyl sites for hydroxylation is 1. The lowest BCUT2D eigenvalue weighted by molar-refractivity contribution is 0.163. The summed E-state index contributed by atoms with van der Waals surface area (Å²) in [5.74, 6) is -0.369. The maximum atomic E-state index is 11.4. The van der Waals surface area contributed by atoms with Crippen LogP contribution in [0.4, 0.5) is 0 Å². The summed E-state index contributed by atoms with van der Waals surface area (Å²) in [5.41, 5.74) is 2.12. The van der Waals surface area contributed by atoms with Crippen LogP contribution in [0, 0.1) is 0 Å². The summed E-state index contributed by atoms with van der Waals surface area (Å²) in [6, 6.07) is 5.47. The molecule has 1 N–H and O–H groups in total. The molecule has 110 valence electrons. The van der Waals surface area contributed by atoms with Crippen LogP contribution in [0.25, 0.3) is 11.1 Å². The summed E-state index contributed by atoms with van der Waals surface area (Å²) in [4.78, 5) is 11.4. The van der Waals surface area contributed by atoms with E-state index in [4.69, 9.17) is 4.42 Å². The molecule has 0 bridgehead atoms. The van der Waals surface area contributed by atoms with Gasteiger partial charge in [0, 0.05) is 7.05 Å². The van der Waals surface area contributed by atoms with Gasteiger partial charge in [0.2, 0.25) is 0 Å². The minimum Gasteiger partial charge on any atom is -0.408 e. The summed E-state index contributed by atoms with van der Waals surface area (Å²) in [6.45, 7) is 2.19. The predicted octanol–water partition coefficient (Wildman–Crippen LogP) is 3.53. The third kappa shape index (κ3) is 3.31. The Morgan fingerprint density at radius 2 is 2.00 bits per heavy atom. The molecule has 0 aliphatic rings. The molecule has 1 unspecified atom stereocenters. The lowest BCUT2D eigenvalue weighted by Gasteiger charge is -2.10. The van der Waals surface area contributed by atoms with Crippen molar-refractivity contribution in [2.45, 2.75) is 51.6 Å². The molecule has 1 aromatic carbocycles.